The fourth-order valence-corrected chi connectivity index (χ4v) is 5.14. The van der Waals surface area contributed by atoms with E-state index in [0.717, 1.165) is 10.9 Å². The molecule has 2 aromatic carbocycles. The normalized spacial score (nSPS) is 17.1. The van der Waals surface area contributed by atoms with E-state index in [1.807, 2.05) is 0 Å². The van der Waals surface area contributed by atoms with Crippen LogP contribution in [0, 0.1) is 0 Å². The Hall–Kier alpha value is -2.26. The van der Waals surface area contributed by atoms with Crippen molar-refractivity contribution in [2.24, 2.45) is 0 Å². The van der Waals surface area contributed by atoms with E-state index in [9.17, 15) is 13.2 Å². The van der Waals surface area contributed by atoms with Gasteiger partial charge in [-0.15, -0.1) is 0 Å². The summed E-state index contributed by atoms with van der Waals surface area (Å²) >= 11 is 12.1. The zero-order valence-corrected chi connectivity index (χ0v) is 17.6. The van der Waals surface area contributed by atoms with Crippen molar-refractivity contribution in [3.63, 3.8) is 0 Å². The van der Waals surface area contributed by atoms with Gasteiger partial charge in [-0.1, -0.05) is 29.3 Å². The van der Waals surface area contributed by atoms with Crippen LogP contribution in [0.4, 0.5) is 5.69 Å². The SMILES string of the molecule is COC(=O)C1CN(S(=O)(=O)Nc2cccc(Cl)c2)Cc2[nH]c3ccc(Cl)cc3c21. The summed E-state index contributed by atoms with van der Waals surface area (Å²) in [6.07, 6.45) is 0. The number of anilines is 1. The smallest absolute Gasteiger partial charge is 0.314 e. The number of hydrogen-bond donors (Lipinski definition) is 2. The molecule has 3 aromatic rings. The second-order valence-corrected chi connectivity index (χ2v) is 9.24. The van der Waals surface area contributed by atoms with Crippen molar-refractivity contribution in [2.45, 2.75) is 12.5 Å². The highest BCUT2D eigenvalue weighted by Crippen LogP contribution is 2.37. The molecule has 1 aliphatic heterocycles. The number of nitrogens with one attached hydrogen (secondary N) is 2. The number of benzene rings is 2. The number of rotatable bonds is 4. The minimum Gasteiger partial charge on any atom is -0.469 e. The molecule has 29 heavy (non-hydrogen) atoms. The van der Waals surface area contributed by atoms with Crippen molar-refractivity contribution in [3.05, 3.63) is 63.8 Å². The molecule has 152 valence electrons. The monoisotopic (exact) mass is 453 g/mol. The molecule has 0 radical (unpaired) electrons. The van der Waals surface area contributed by atoms with Crippen molar-refractivity contribution < 1.29 is 17.9 Å². The maximum atomic E-state index is 13.0. The van der Waals surface area contributed by atoms with Gasteiger partial charge in [0.2, 0.25) is 0 Å². The van der Waals surface area contributed by atoms with Gasteiger partial charge in [0.1, 0.15) is 0 Å². The molecule has 10 heteroatoms. The lowest BCUT2D eigenvalue weighted by Gasteiger charge is -2.31. The first-order chi connectivity index (χ1) is 13.8. The van der Waals surface area contributed by atoms with Gasteiger partial charge in [0.15, 0.2) is 0 Å². The number of halogens is 2. The Kier molecular flexibility index (Phi) is 5.20. The fraction of sp³-hybridized carbons (Fsp3) is 0.211. The van der Waals surface area contributed by atoms with Gasteiger partial charge in [-0.3, -0.25) is 9.52 Å². The maximum Gasteiger partial charge on any atom is 0.314 e. The van der Waals surface area contributed by atoms with Crippen LogP contribution in [-0.4, -0.2) is 37.3 Å². The Morgan fingerprint density at radius 2 is 1.97 bits per heavy atom. The molecule has 0 amide bonds. The molecule has 2 N–H and O–H groups in total. The molecular weight excluding hydrogens is 437 g/mol. The fourth-order valence-electron chi connectivity index (χ4n) is 3.58. The average molecular weight is 454 g/mol. The van der Waals surface area contributed by atoms with Crippen LogP contribution in [0.3, 0.4) is 0 Å². The minimum absolute atomic E-state index is 0.0605. The summed E-state index contributed by atoms with van der Waals surface area (Å²) in [5.74, 6) is -1.30. The first-order valence-electron chi connectivity index (χ1n) is 8.70. The van der Waals surface area contributed by atoms with E-state index in [4.69, 9.17) is 27.9 Å². The van der Waals surface area contributed by atoms with E-state index in [2.05, 4.69) is 9.71 Å². The Bertz CT molecular complexity index is 1210. The highest BCUT2D eigenvalue weighted by molar-refractivity contribution is 7.90. The Morgan fingerprint density at radius 3 is 2.69 bits per heavy atom. The zero-order valence-electron chi connectivity index (χ0n) is 15.3. The Balaban J connectivity index is 1.74. The Morgan fingerprint density at radius 1 is 1.21 bits per heavy atom. The lowest BCUT2D eigenvalue weighted by molar-refractivity contribution is -0.142. The number of carbonyl (C=O) groups is 1. The van der Waals surface area contributed by atoms with Crippen LogP contribution in [-0.2, 0) is 26.3 Å². The zero-order chi connectivity index (χ0) is 20.8. The third kappa shape index (κ3) is 3.81. The number of nitrogens with zero attached hydrogens (tertiary/aromatic N) is 1. The van der Waals surface area contributed by atoms with Crippen molar-refractivity contribution in [2.75, 3.05) is 18.4 Å². The van der Waals surface area contributed by atoms with E-state index < -0.39 is 22.1 Å². The number of hydrogen-bond acceptors (Lipinski definition) is 4. The molecule has 2 heterocycles. The topological polar surface area (TPSA) is 91.5 Å². The predicted octanol–water partition coefficient (Wildman–Crippen LogP) is 3.90. The van der Waals surface area contributed by atoms with Gasteiger partial charge in [0.25, 0.3) is 0 Å². The molecule has 0 bridgehead atoms. The van der Waals surface area contributed by atoms with E-state index in [-0.39, 0.29) is 13.1 Å². The highest BCUT2D eigenvalue weighted by Gasteiger charge is 2.39. The van der Waals surface area contributed by atoms with Crippen LogP contribution < -0.4 is 4.72 Å². The molecule has 0 fully saturated rings. The number of carbonyl (C=O) groups excluding carboxylic acids is 1. The second kappa shape index (κ2) is 7.53. The number of fused-ring (bicyclic) bond motifs is 3. The number of methoxy groups -OCH3 is 1. The predicted molar refractivity (Wildman–Crippen MR) is 112 cm³/mol. The summed E-state index contributed by atoms with van der Waals surface area (Å²) in [5.41, 5.74) is 2.45. The van der Waals surface area contributed by atoms with Gasteiger partial charge in [-0.05, 0) is 42.0 Å². The van der Waals surface area contributed by atoms with Crippen molar-refractivity contribution in [3.8, 4) is 0 Å². The molecule has 1 aromatic heterocycles. The van der Waals surface area contributed by atoms with E-state index in [0.29, 0.717) is 27.0 Å². The minimum atomic E-state index is -3.95. The van der Waals surface area contributed by atoms with Gasteiger partial charge in [-0.2, -0.15) is 12.7 Å². The van der Waals surface area contributed by atoms with Crippen LogP contribution in [0.2, 0.25) is 10.0 Å². The highest BCUT2D eigenvalue weighted by atomic mass is 35.5. The van der Waals surface area contributed by atoms with E-state index >= 15 is 0 Å². The summed E-state index contributed by atoms with van der Waals surface area (Å²) in [6.45, 7) is 0.0140. The first-order valence-corrected chi connectivity index (χ1v) is 10.9. The van der Waals surface area contributed by atoms with Gasteiger partial charge in [-0.25, -0.2) is 0 Å². The molecule has 1 unspecified atom stereocenters. The van der Waals surface area contributed by atoms with Crippen LogP contribution >= 0.6 is 23.2 Å². The molecule has 7 nitrogen and oxygen atoms in total. The molecule has 0 spiro atoms. The van der Waals surface area contributed by atoms with Crippen LogP contribution in [0.25, 0.3) is 10.9 Å². The molecule has 0 aliphatic carbocycles. The lowest BCUT2D eigenvalue weighted by Crippen LogP contribution is -2.43. The number of H-pyrrole nitrogens is 1. The molecule has 1 aliphatic rings. The summed E-state index contributed by atoms with van der Waals surface area (Å²) in [5, 5.41) is 1.72. The number of ether oxygens (including phenoxy) is 1. The maximum absolute atomic E-state index is 13.0. The van der Waals surface area contributed by atoms with Gasteiger partial charge in [0, 0.05) is 33.2 Å². The first kappa shape index (κ1) is 20.0. The summed E-state index contributed by atoms with van der Waals surface area (Å²) < 4.78 is 34.6. The molecular formula is C19H17Cl2N3O4S. The van der Waals surface area contributed by atoms with E-state index in [1.54, 1.807) is 36.4 Å². The number of aromatic nitrogens is 1. The van der Waals surface area contributed by atoms with Crippen LogP contribution in [0.5, 0.6) is 0 Å². The quantitative estimate of drug-likeness (QED) is 0.585. The summed E-state index contributed by atoms with van der Waals surface area (Å²) in [6, 6.07) is 11.7. The number of aromatic amines is 1. The van der Waals surface area contributed by atoms with Crippen molar-refractivity contribution >= 4 is 56.0 Å². The standard InChI is InChI=1S/C19H17Cl2N3O4S/c1-28-19(25)15-9-24(29(26,27)23-13-4-2-3-11(20)7-13)10-17-18(15)14-8-12(21)5-6-16(14)22-17/h2-8,15,22-23H,9-10H2,1H3. The van der Waals surface area contributed by atoms with Crippen molar-refractivity contribution in [1.29, 1.82) is 0 Å². The molecule has 0 saturated carbocycles. The second-order valence-electron chi connectivity index (χ2n) is 6.69. The van der Waals surface area contributed by atoms with Gasteiger partial charge in [0.05, 0.1) is 25.3 Å². The van der Waals surface area contributed by atoms with Crippen LogP contribution in [0.15, 0.2) is 42.5 Å². The largest absolute Gasteiger partial charge is 0.469 e. The number of esters is 1. The average Bonchev–Trinajstić information content (AvgIpc) is 3.04. The van der Waals surface area contributed by atoms with Gasteiger partial charge < -0.3 is 9.72 Å². The molecule has 0 saturated heterocycles. The molecule has 1 atom stereocenters. The lowest BCUT2D eigenvalue weighted by atomic mass is 9.93. The summed E-state index contributed by atoms with van der Waals surface area (Å²) in [4.78, 5) is 15.7. The third-order valence-corrected chi connectivity index (χ3v) is 6.77. The molecule has 4 rings (SSSR count). The Labute approximate surface area is 177 Å². The van der Waals surface area contributed by atoms with Crippen molar-refractivity contribution in [1.82, 2.24) is 9.29 Å². The summed E-state index contributed by atoms with van der Waals surface area (Å²) in [7, 11) is -2.67. The van der Waals surface area contributed by atoms with Crippen LogP contribution in [0.1, 0.15) is 17.2 Å². The third-order valence-electron chi connectivity index (χ3n) is 4.85. The van der Waals surface area contributed by atoms with Gasteiger partial charge >= 0.3 is 16.2 Å². The van der Waals surface area contributed by atoms with E-state index in [1.165, 1.54) is 17.5 Å².